The fourth-order valence-electron chi connectivity index (χ4n) is 2.56. The summed E-state index contributed by atoms with van der Waals surface area (Å²) >= 11 is 0. The Balaban J connectivity index is 2.15. The maximum Gasteiger partial charge on any atom is 0.416 e. The number of H-pyrrole nitrogens is 1. The lowest BCUT2D eigenvalue weighted by Crippen LogP contribution is -2.04. The van der Waals surface area contributed by atoms with Crippen LogP contribution in [-0.4, -0.2) is 15.4 Å². The number of aromatic amines is 1. The highest BCUT2D eigenvalue weighted by atomic mass is 19.4. The molecule has 0 fully saturated rings. The molecule has 0 atom stereocenters. The van der Waals surface area contributed by atoms with Gasteiger partial charge in [-0.1, -0.05) is 35.5 Å². The highest BCUT2D eigenvalue weighted by molar-refractivity contribution is 5.78. The van der Waals surface area contributed by atoms with Gasteiger partial charge >= 0.3 is 6.18 Å². The minimum atomic E-state index is -4.40. The van der Waals surface area contributed by atoms with Gasteiger partial charge in [0.2, 0.25) is 0 Å². The molecule has 1 heterocycles. The first-order valence-electron chi connectivity index (χ1n) is 7.00. The van der Waals surface area contributed by atoms with Crippen LogP contribution >= 0.6 is 0 Å². The van der Waals surface area contributed by atoms with Crippen LogP contribution in [0.4, 0.5) is 13.2 Å². The van der Waals surface area contributed by atoms with E-state index in [1.165, 1.54) is 6.07 Å². The van der Waals surface area contributed by atoms with E-state index in [2.05, 4.69) is 15.4 Å². The van der Waals surface area contributed by atoms with Gasteiger partial charge in [0.25, 0.3) is 0 Å². The predicted octanol–water partition coefficient (Wildman–Crippen LogP) is 4.34. The lowest BCUT2D eigenvalue weighted by Gasteiger charge is -2.12. The molecule has 0 saturated carbocycles. The van der Waals surface area contributed by atoms with Gasteiger partial charge in [-0.25, -0.2) is 5.10 Å². The first-order valence-corrected chi connectivity index (χ1v) is 7.00. The largest absolute Gasteiger partial charge is 0.416 e. The molecule has 1 N–H and O–H groups in total. The van der Waals surface area contributed by atoms with Crippen LogP contribution in [-0.2, 0) is 6.18 Å². The second-order valence-corrected chi connectivity index (χ2v) is 5.20. The van der Waals surface area contributed by atoms with Crippen LogP contribution in [0.5, 0.6) is 0 Å². The molecule has 1 aromatic heterocycles. The molecule has 2 aromatic carbocycles. The van der Waals surface area contributed by atoms with Gasteiger partial charge in [-0.15, -0.1) is 5.10 Å². The first kappa shape index (κ1) is 15.7. The summed E-state index contributed by atoms with van der Waals surface area (Å²) in [4.78, 5) is 0. The van der Waals surface area contributed by atoms with Crippen LogP contribution in [0.25, 0.3) is 22.4 Å². The fraction of sp³-hybridized carbons (Fsp3) is 0.118. The molecule has 0 unspecified atom stereocenters. The smallest absolute Gasteiger partial charge is 0.247 e. The van der Waals surface area contributed by atoms with E-state index in [0.29, 0.717) is 22.4 Å². The average molecular weight is 328 g/mol. The number of aromatic nitrogens is 3. The van der Waals surface area contributed by atoms with Crippen LogP contribution in [0, 0.1) is 18.3 Å². The van der Waals surface area contributed by atoms with E-state index in [1.54, 1.807) is 31.2 Å². The van der Waals surface area contributed by atoms with Crippen LogP contribution in [0.2, 0.25) is 0 Å². The van der Waals surface area contributed by atoms with Crippen molar-refractivity contribution < 1.29 is 13.2 Å². The second kappa shape index (κ2) is 5.81. The monoisotopic (exact) mass is 328 g/mol. The van der Waals surface area contributed by atoms with Crippen molar-refractivity contribution in [1.29, 1.82) is 5.26 Å². The summed E-state index contributed by atoms with van der Waals surface area (Å²) in [5, 5.41) is 19.1. The number of rotatable bonds is 2. The third kappa shape index (κ3) is 2.74. The number of benzene rings is 2. The lowest BCUT2D eigenvalue weighted by atomic mass is 9.93. The highest BCUT2D eigenvalue weighted by Crippen LogP contribution is 2.35. The molecule has 3 rings (SSSR count). The summed E-state index contributed by atoms with van der Waals surface area (Å²) in [5.74, 6) is 0. The number of hydrogen-bond donors (Lipinski definition) is 1. The van der Waals surface area contributed by atoms with Crippen molar-refractivity contribution in [1.82, 2.24) is 15.4 Å². The van der Waals surface area contributed by atoms with Crippen LogP contribution in [0.3, 0.4) is 0 Å². The molecule has 0 spiro atoms. The highest BCUT2D eigenvalue weighted by Gasteiger charge is 2.30. The van der Waals surface area contributed by atoms with Gasteiger partial charge in [0.1, 0.15) is 11.8 Å². The van der Waals surface area contributed by atoms with E-state index in [1.807, 2.05) is 6.07 Å². The molecule has 7 heteroatoms. The van der Waals surface area contributed by atoms with Crippen molar-refractivity contribution in [3.05, 3.63) is 59.3 Å². The summed E-state index contributed by atoms with van der Waals surface area (Å²) in [6.45, 7) is 1.78. The average Bonchev–Trinajstić information content (AvgIpc) is 3.03. The van der Waals surface area contributed by atoms with E-state index in [0.717, 1.165) is 17.7 Å². The minimum Gasteiger partial charge on any atom is -0.247 e. The third-order valence-electron chi connectivity index (χ3n) is 3.75. The van der Waals surface area contributed by atoms with Crippen molar-refractivity contribution in [2.75, 3.05) is 0 Å². The number of nitrogens with zero attached hydrogens (tertiary/aromatic N) is 3. The van der Waals surface area contributed by atoms with Crippen molar-refractivity contribution in [3.63, 3.8) is 0 Å². The van der Waals surface area contributed by atoms with E-state index < -0.39 is 11.7 Å². The zero-order chi connectivity index (χ0) is 17.3. The molecule has 0 aliphatic carbocycles. The van der Waals surface area contributed by atoms with Crippen molar-refractivity contribution in [2.24, 2.45) is 0 Å². The molecule has 3 aromatic rings. The van der Waals surface area contributed by atoms with E-state index >= 15 is 0 Å². The topological polar surface area (TPSA) is 65.4 Å². The summed E-state index contributed by atoms with van der Waals surface area (Å²) in [6, 6.07) is 12.3. The van der Waals surface area contributed by atoms with Gasteiger partial charge in [-0.05, 0) is 35.7 Å². The van der Waals surface area contributed by atoms with Crippen LogP contribution < -0.4 is 0 Å². The van der Waals surface area contributed by atoms with Gasteiger partial charge in [0.05, 0.1) is 5.56 Å². The Kier molecular flexibility index (Phi) is 3.81. The zero-order valence-corrected chi connectivity index (χ0v) is 12.5. The number of nitrogens with one attached hydrogen (secondary N) is 1. The maximum absolute atomic E-state index is 12.9. The Bertz CT molecular complexity index is 935. The molecular formula is C17H11F3N4. The Hall–Kier alpha value is -3.14. The lowest BCUT2D eigenvalue weighted by molar-refractivity contribution is -0.137. The molecule has 0 amide bonds. The summed E-state index contributed by atoms with van der Waals surface area (Å²) < 4.78 is 38.8. The van der Waals surface area contributed by atoms with Crippen LogP contribution in [0.15, 0.2) is 42.5 Å². The number of nitriles is 1. The van der Waals surface area contributed by atoms with E-state index in [-0.39, 0.29) is 5.69 Å². The molecule has 0 radical (unpaired) electrons. The molecule has 0 saturated heterocycles. The molecule has 24 heavy (non-hydrogen) atoms. The predicted molar refractivity (Wildman–Crippen MR) is 81.7 cm³/mol. The number of alkyl halides is 3. The van der Waals surface area contributed by atoms with Gasteiger partial charge in [0, 0.05) is 5.56 Å². The number of hydrogen-bond acceptors (Lipinski definition) is 3. The van der Waals surface area contributed by atoms with Crippen molar-refractivity contribution in [3.8, 4) is 28.5 Å². The first-order chi connectivity index (χ1) is 11.4. The molecule has 0 aliphatic rings. The standard InChI is InChI=1S/C17H11F3N4/c1-10-13(11-4-2-5-12(8-11)17(18,19)20)6-3-7-14(10)16-15(9-21)22-24-23-16/h2-8H,1H3,(H,22,23,24). The van der Waals surface area contributed by atoms with Gasteiger partial charge in [0.15, 0.2) is 5.69 Å². The molecule has 0 bridgehead atoms. The molecular weight excluding hydrogens is 317 g/mol. The molecule has 4 nitrogen and oxygen atoms in total. The summed E-state index contributed by atoms with van der Waals surface area (Å²) in [5.41, 5.74) is 2.35. The normalized spacial score (nSPS) is 11.3. The Labute approximate surface area is 135 Å². The molecule has 120 valence electrons. The van der Waals surface area contributed by atoms with Gasteiger partial charge in [-0.2, -0.15) is 18.4 Å². The quantitative estimate of drug-likeness (QED) is 0.761. The zero-order valence-electron chi connectivity index (χ0n) is 12.5. The Morgan fingerprint density at radius 2 is 1.79 bits per heavy atom. The second-order valence-electron chi connectivity index (χ2n) is 5.20. The Morgan fingerprint density at radius 3 is 2.50 bits per heavy atom. The van der Waals surface area contributed by atoms with Gasteiger partial charge < -0.3 is 0 Å². The summed E-state index contributed by atoms with van der Waals surface area (Å²) in [7, 11) is 0. The minimum absolute atomic E-state index is 0.208. The summed E-state index contributed by atoms with van der Waals surface area (Å²) in [6.07, 6.45) is -4.40. The van der Waals surface area contributed by atoms with E-state index in [4.69, 9.17) is 5.26 Å². The van der Waals surface area contributed by atoms with E-state index in [9.17, 15) is 13.2 Å². The van der Waals surface area contributed by atoms with Crippen LogP contribution in [0.1, 0.15) is 16.8 Å². The Morgan fingerprint density at radius 1 is 1.08 bits per heavy atom. The van der Waals surface area contributed by atoms with Crippen molar-refractivity contribution in [2.45, 2.75) is 13.1 Å². The molecule has 0 aliphatic heterocycles. The maximum atomic E-state index is 12.9. The van der Waals surface area contributed by atoms with Crippen molar-refractivity contribution >= 4 is 0 Å². The third-order valence-corrected chi connectivity index (χ3v) is 3.75. The number of halogens is 3. The van der Waals surface area contributed by atoms with Gasteiger partial charge in [-0.3, -0.25) is 0 Å². The SMILES string of the molecule is Cc1c(-c2cccc(C(F)(F)F)c2)cccc1-c1nn[nH]c1C#N. The fourth-order valence-corrected chi connectivity index (χ4v) is 2.56.